The highest BCUT2D eigenvalue weighted by Gasteiger charge is 2.22. The van der Waals surface area contributed by atoms with Crippen LogP contribution < -0.4 is 9.30 Å². The lowest BCUT2D eigenvalue weighted by molar-refractivity contribution is -0.676. The topological polar surface area (TPSA) is 41.8 Å². The predicted octanol–water partition coefficient (Wildman–Crippen LogP) is 5.04. The second kappa shape index (κ2) is 7.06. The van der Waals surface area contributed by atoms with E-state index in [0.717, 1.165) is 40.1 Å². The first-order valence-electron chi connectivity index (χ1n) is 9.72. The van der Waals surface area contributed by atoms with Crippen LogP contribution in [0.1, 0.15) is 11.1 Å². The van der Waals surface area contributed by atoms with Crippen molar-refractivity contribution in [1.29, 1.82) is 0 Å². The molecule has 0 radical (unpaired) electrons. The van der Waals surface area contributed by atoms with Gasteiger partial charge in [-0.25, -0.2) is 4.98 Å². The Morgan fingerprint density at radius 2 is 1.83 bits per heavy atom. The van der Waals surface area contributed by atoms with Crippen LogP contribution in [0.3, 0.4) is 0 Å². The molecule has 0 amide bonds. The highest BCUT2D eigenvalue weighted by molar-refractivity contribution is 6.10. The van der Waals surface area contributed by atoms with Gasteiger partial charge in [-0.2, -0.15) is 4.57 Å². The standard InChI is InChI=1S/C25H21N3O/c1-17-6-8-18(9-7-17)16-28-14-12-20-21-15-19(29-2)10-11-22(21)27-24(20)25(28)23-5-3-4-13-26-23/h3-15H,16H2,1-2H3/p+1. The van der Waals surface area contributed by atoms with Crippen molar-refractivity contribution in [2.75, 3.05) is 7.11 Å². The van der Waals surface area contributed by atoms with Crippen LogP contribution in [0.2, 0.25) is 0 Å². The van der Waals surface area contributed by atoms with Gasteiger partial charge in [0.2, 0.25) is 0 Å². The second-order valence-corrected chi connectivity index (χ2v) is 7.32. The molecule has 0 bridgehead atoms. The molecule has 29 heavy (non-hydrogen) atoms. The molecule has 4 heteroatoms. The Hall–Kier alpha value is -3.66. The van der Waals surface area contributed by atoms with Gasteiger partial charge >= 0.3 is 0 Å². The first-order valence-corrected chi connectivity index (χ1v) is 9.72. The van der Waals surface area contributed by atoms with Gasteiger partial charge in [0.25, 0.3) is 5.69 Å². The van der Waals surface area contributed by atoms with E-state index in [2.05, 4.69) is 76.2 Å². The molecular weight excluding hydrogens is 358 g/mol. The van der Waals surface area contributed by atoms with Gasteiger partial charge in [0.05, 0.1) is 7.11 Å². The molecule has 0 aliphatic heterocycles. The van der Waals surface area contributed by atoms with Crippen molar-refractivity contribution in [2.45, 2.75) is 13.5 Å². The Bertz CT molecular complexity index is 1310. The van der Waals surface area contributed by atoms with Crippen LogP contribution in [0.4, 0.5) is 0 Å². The summed E-state index contributed by atoms with van der Waals surface area (Å²) in [6.07, 6.45) is 4.00. The Kier molecular flexibility index (Phi) is 4.24. The number of rotatable bonds is 4. The van der Waals surface area contributed by atoms with E-state index in [1.165, 1.54) is 16.5 Å². The molecule has 0 spiro atoms. The molecule has 0 aliphatic rings. The first-order chi connectivity index (χ1) is 14.2. The molecule has 3 heterocycles. The number of aryl methyl sites for hydroxylation is 1. The molecule has 142 valence electrons. The van der Waals surface area contributed by atoms with Crippen molar-refractivity contribution in [2.24, 2.45) is 0 Å². The van der Waals surface area contributed by atoms with Crippen LogP contribution in [0.5, 0.6) is 5.75 Å². The molecular formula is C25H22N3O+. The van der Waals surface area contributed by atoms with Crippen molar-refractivity contribution in [3.63, 3.8) is 0 Å². The number of fused-ring (bicyclic) bond motifs is 3. The molecule has 0 fully saturated rings. The van der Waals surface area contributed by atoms with Crippen molar-refractivity contribution in [1.82, 2.24) is 9.97 Å². The average Bonchev–Trinajstić information content (AvgIpc) is 3.13. The van der Waals surface area contributed by atoms with Gasteiger partial charge in [0, 0.05) is 34.1 Å². The van der Waals surface area contributed by atoms with Crippen LogP contribution in [0.25, 0.3) is 33.2 Å². The number of H-pyrrole nitrogens is 1. The van der Waals surface area contributed by atoms with E-state index in [9.17, 15) is 0 Å². The van der Waals surface area contributed by atoms with Gasteiger partial charge in [-0.1, -0.05) is 35.9 Å². The van der Waals surface area contributed by atoms with Crippen molar-refractivity contribution < 1.29 is 9.30 Å². The summed E-state index contributed by atoms with van der Waals surface area (Å²) in [5.41, 5.74) is 6.73. The minimum atomic E-state index is 0.779. The zero-order valence-corrected chi connectivity index (χ0v) is 16.5. The number of hydrogen-bond donors (Lipinski definition) is 1. The molecule has 0 saturated heterocycles. The molecule has 5 aromatic rings. The summed E-state index contributed by atoms with van der Waals surface area (Å²) in [5, 5.41) is 2.32. The van der Waals surface area contributed by atoms with Crippen LogP contribution >= 0.6 is 0 Å². The normalized spacial score (nSPS) is 11.2. The maximum Gasteiger partial charge on any atom is 0.255 e. The zero-order chi connectivity index (χ0) is 19.8. The maximum absolute atomic E-state index is 5.44. The lowest BCUT2D eigenvalue weighted by Gasteiger charge is -2.06. The Morgan fingerprint density at radius 1 is 0.966 bits per heavy atom. The van der Waals surface area contributed by atoms with Gasteiger partial charge in [-0.15, -0.1) is 0 Å². The van der Waals surface area contributed by atoms with Crippen LogP contribution in [0, 0.1) is 6.92 Å². The highest BCUT2D eigenvalue weighted by atomic mass is 16.5. The number of pyridine rings is 2. The van der Waals surface area contributed by atoms with Crippen molar-refractivity contribution in [3.05, 3.63) is 90.3 Å². The van der Waals surface area contributed by atoms with Gasteiger partial charge in [0.15, 0.2) is 12.7 Å². The van der Waals surface area contributed by atoms with E-state index < -0.39 is 0 Å². The van der Waals surface area contributed by atoms with Crippen molar-refractivity contribution >= 4 is 21.8 Å². The number of nitrogens with zero attached hydrogens (tertiary/aromatic N) is 2. The minimum Gasteiger partial charge on any atom is -0.497 e. The Labute approximate surface area is 169 Å². The first kappa shape index (κ1) is 17.4. The number of hydrogen-bond acceptors (Lipinski definition) is 2. The third kappa shape index (κ3) is 3.13. The van der Waals surface area contributed by atoms with E-state index in [0.29, 0.717) is 0 Å². The number of benzene rings is 2. The van der Waals surface area contributed by atoms with E-state index in [4.69, 9.17) is 4.74 Å². The molecule has 0 atom stereocenters. The SMILES string of the molecule is COc1ccc2[nH]c3c(-c4ccccn4)[n+](Cc4ccc(C)cc4)ccc3c2c1. The number of nitrogens with one attached hydrogen (secondary N) is 1. The molecule has 2 aromatic carbocycles. The second-order valence-electron chi connectivity index (χ2n) is 7.32. The van der Waals surface area contributed by atoms with Crippen LogP contribution in [-0.2, 0) is 6.54 Å². The van der Waals surface area contributed by atoms with Gasteiger partial charge in [0.1, 0.15) is 17.0 Å². The molecule has 0 saturated carbocycles. The minimum absolute atomic E-state index is 0.779. The molecule has 5 rings (SSSR count). The fourth-order valence-electron chi connectivity index (χ4n) is 3.86. The molecule has 1 N–H and O–H groups in total. The van der Waals surface area contributed by atoms with E-state index >= 15 is 0 Å². The molecule has 3 aromatic heterocycles. The fraction of sp³-hybridized carbons (Fsp3) is 0.120. The lowest BCUT2D eigenvalue weighted by Crippen LogP contribution is -2.36. The summed E-state index contributed by atoms with van der Waals surface area (Å²) in [4.78, 5) is 8.27. The van der Waals surface area contributed by atoms with Crippen LogP contribution in [-0.4, -0.2) is 17.1 Å². The third-order valence-corrected chi connectivity index (χ3v) is 5.37. The largest absolute Gasteiger partial charge is 0.497 e. The van der Waals surface area contributed by atoms with Gasteiger partial charge in [-0.05, 0) is 37.3 Å². The number of aromatic nitrogens is 3. The molecule has 4 nitrogen and oxygen atoms in total. The number of methoxy groups -OCH3 is 1. The van der Waals surface area contributed by atoms with Gasteiger partial charge < -0.3 is 9.72 Å². The monoisotopic (exact) mass is 380 g/mol. The van der Waals surface area contributed by atoms with E-state index in [1.807, 2.05) is 24.4 Å². The smallest absolute Gasteiger partial charge is 0.255 e. The summed E-state index contributed by atoms with van der Waals surface area (Å²) >= 11 is 0. The summed E-state index contributed by atoms with van der Waals surface area (Å²) in [6, 6.07) is 23.0. The lowest BCUT2D eigenvalue weighted by atomic mass is 10.1. The summed E-state index contributed by atoms with van der Waals surface area (Å²) in [6.45, 7) is 2.89. The Balaban J connectivity index is 1.76. The molecule has 0 unspecified atom stereocenters. The molecule has 0 aliphatic carbocycles. The van der Waals surface area contributed by atoms with Crippen LogP contribution in [0.15, 0.2) is 79.1 Å². The third-order valence-electron chi connectivity index (χ3n) is 5.37. The predicted molar refractivity (Wildman–Crippen MR) is 116 cm³/mol. The summed E-state index contributed by atoms with van der Waals surface area (Å²) < 4.78 is 7.70. The Morgan fingerprint density at radius 3 is 2.59 bits per heavy atom. The fourth-order valence-corrected chi connectivity index (χ4v) is 3.86. The number of ether oxygens (including phenoxy) is 1. The van der Waals surface area contributed by atoms with Gasteiger partial charge in [-0.3, -0.25) is 0 Å². The summed E-state index contributed by atoms with van der Waals surface area (Å²) in [5.74, 6) is 0.856. The van der Waals surface area contributed by atoms with Crippen molar-refractivity contribution in [3.8, 4) is 17.1 Å². The van der Waals surface area contributed by atoms with E-state index in [-0.39, 0.29) is 0 Å². The zero-order valence-electron chi connectivity index (χ0n) is 16.5. The summed E-state index contributed by atoms with van der Waals surface area (Å²) in [7, 11) is 1.70. The average molecular weight is 380 g/mol. The quantitative estimate of drug-likeness (QED) is 0.444. The highest BCUT2D eigenvalue weighted by Crippen LogP contribution is 2.32. The van der Waals surface area contributed by atoms with E-state index in [1.54, 1.807) is 7.11 Å². The number of aromatic amines is 1. The maximum atomic E-state index is 5.44.